The van der Waals surface area contributed by atoms with Crippen LogP contribution < -0.4 is 5.73 Å². The molecule has 0 saturated carbocycles. The maximum absolute atomic E-state index is 12.4. The lowest BCUT2D eigenvalue weighted by atomic mass is 9.89. The van der Waals surface area contributed by atoms with Gasteiger partial charge in [-0.3, -0.25) is 9.69 Å². The number of phenols is 2. The van der Waals surface area contributed by atoms with Gasteiger partial charge in [-0.15, -0.1) is 0 Å². The summed E-state index contributed by atoms with van der Waals surface area (Å²) >= 11 is 0. The number of likely N-dealkylation sites (N-methyl/N-ethyl adjacent to an activating group) is 1. The van der Waals surface area contributed by atoms with Crippen LogP contribution in [-0.2, 0) is 10.3 Å². The summed E-state index contributed by atoms with van der Waals surface area (Å²) in [7, 11) is 1.59. The molecule has 1 heterocycles. The Hall–Kier alpha value is -3.02. The molecular formula is C17H17N3O3. The number of rotatable bonds is 2. The van der Waals surface area contributed by atoms with E-state index in [1.54, 1.807) is 38.2 Å². The van der Waals surface area contributed by atoms with Gasteiger partial charge in [0.2, 0.25) is 0 Å². The summed E-state index contributed by atoms with van der Waals surface area (Å²) in [6.07, 6.45) is 0. The maximum Gasteiger partial charge on any atom is 0.261 e. The van der Waals surface area contributed by atoms with Gasteiger partial charge in [0.15, 0.2) is 11.5 Å². The number of hydrogen-bond donors (Lipinski definition) is 3. The zero-order chi connectivity index (χ0) is 16.8. The number of nitrogens with zero attached hydrogens (tertiary/aromatic N) is 2. The Morgan fingerprint density at radius 2 is 1.74 bits per heavy atom. The number of aliphatic imine (C=N–C) groups is 1. The van der Waals surface area contributed by atoms with Crippen LogP contribution in [0.2, 0.25) is 0 Å². The second kappa shape index (κ2) is 5.01. The van der Waals surface area contributed by atoms with Gasteiger partial charge < -0.3 is 15.9 Å². The molecule has 1 aliphatic rings. The van der Waals surface area contributed by atoms with Crippen molar-refractivity contribution in [3.05, 3.63) is 48.0 Å². The van der Waals surface area contributed by atoms with Gasteiger partial charge in [-0.25, -0.2) is 4.99 Å². The van der Waals surface area contributed by atoms with Gasteiger partial charge in [0.1, 0.15) is 11.5 Å². The predicted molar refractivity (Wildman–Crippen MR) is 87.0 cm³/mol. The van der Waals surface area contributed by atoms with Crippen LogP contribution in [0.25, 0.3) is 11.1 Å². The second-order valence-corrected chi connectivity index (χ2v) is 5.73. The van der Waals surface area contributed by atoms with Crippen LogP contribution in [0.1, 0.15) is 12.5 Å². The molecule has 1 unspecified atom stereocenters. The first-order chi connectivity index (χ1) is 10.8. The smallest absolute Gasteiger partial charge is 0.261 e. The SMILES string of the molecule is CN1C(=O)C(C)(c2cccc(-c3cc(O)cc(O)c3)c2)N=C1N. The van der Waals surface area contributed by atoms with Gasteiger partial charge in [0, 0.05) is 13.1 Å². The number of phenolic OH excluding ortho intramolecular Hbond substituents is 2. The molecule has 3 rings (SSSR count). The van der Waals surface area contributed by atoms with E-state index in [4.69, 9.17) is 5.73 Å². The third-order valence-electron chi connectivity index (χ3n) is 4.06. The Balaban J connectivity index is 2.09. The molecule has 0 spiro atoms. The van der Waals surface area contributed by atoms with Crippen LogP contribution in [0.5, 0.6) is 11.5 Å². The summed E-state index contributed by atoms with van der Waals surface area (Å²) in [6.45, 7) is 1.71. The van der Waals surface area contributed by atoms with E-state index in [0.717, 1.165) is 5.56 Å². The Morgan fingerprint density at radius 3 is 2.30 bits per heavy atom. The molecule has 2 aromatic rings. The lowest BCUT2D eigenvalue weighted by Gasteiger charge is -2.21. The molecule has 0 aromatic heterocycles. The highest BCUT2D eigenvalue weighted by Crippen LogP contribution is 2.35. The zero-order valence-electron chi connectivity index (χ0n) is 12.8. The van der Waals surface area contributed by atoms with Crippen molar-refractivity contribution in [2.45, 2.75) is 12.5 Å². The molecule has 23 heavy (non-hydrogen) atoms. The fraction of sp³-hybridized carbons (Fsp3) is 0.176. The van der Waals surface area contributed by atoms with Crippen LogP contribution in [0.3, 0.4) is 0 Å². The Kier molecular flexibility index (Phi) is 3.25. The average molecular weight is 311 g/mol. The van der Waals surface area contributed by atoms with E-state index in [-0.39, 0.29) is 23.4 Å². The van der Waals surface area contributed by atoms with Gasteiger partial charge in [-0.1, -0.05) is 18.2 Å². The molecule has 0 saturated heterocycles. The van der Waals surface area contributed by atoms with E-state index < -0.39 is 5.54 Å². The van der Waals surface area contributed by atoms with Gasteiger partial charge in [-0.05, 0) is 41.8 Å². The number of guanidine groups is 1. The lowest BCUT2D eigenvalue weighted by Crippen LogP contribution is -2.38. The molecule has 1 aliphatic heterocycles. The number of nitrogens with two attached hydrogens (primary N) is 1. The van der Waals surface area contributed by atoms with Crippen LogP contribution in [-0.4, -0.2) is 34.0 Å². The summed E-state index contributed by atoms with van der Waals surface area (Å²) < 4.78 is 0. The fourth-order valence-electron chi connectivity index (χ4n) is 2.73. The van der Waals surface area contributed by atoms with Crippen molar-refractivity contribution >= 4 is 11.9 Å². The van der Waals surface area contributed by atoms with Gasteiger partial charge in [0.05, 0.1) is 0 Å². The zero-order valence-corrected chi connectivity index (χ0v) is 12.8. The van der Waals surface area contributed by atoms with Crippen molar-refractivity contribution in [2.75, 3.05) is 7.05 Å². The highest BCUT2D eigenvalue weighted by molar-refractivity contribution is 6.06. The van der Waals surface area contributed by atoms with E-state index in [0.29, 0.717) is 11.1 Å². The first kappa shape index (κ1) is 14.9. The summed E-state index contributed by atoms with van der Waals surface area (Å²) in [4.78, 5) is 18.1. The van der Waals surface area contributed by atoms with E-state index >= 15 is 0 Å². The Bertz CT molecular complexity index is 811. The van der Waals surface area contributed by atoms with Crippen LogP contribution in [0.4, 0.5) is 0 Å². The molecule has 0 fully saturated rings. The molecule has 118 valence electrons. The van der Waals surface area contributed by atoms with Gasteiger partial charge in [-0.2, -0.15) is 0 Å². The first-order valence-corrected chi connectivity index (χ1v) is 7.09. The summed E-state index contributed by atoms with van der Waals surface area (Å²) in [6, 6.07) is 11.6. The predicted octanol–water partition coefficient (Wildman–Crippen LogP) is 1.77. The van der Waals surface area contributed by atoms with E-state index in [1.165, 1.54) is 11.0 Å². The minimum absolute atomic E-state index is 0.0319. The third-order valence-corrected chi connectivity index (χ3v) is 4.06. The van der Waals surface area contributed by atoms with Gasteiger partial charge in [0.25, 0.3) is 5.91 Å². The second-order valence-electron chi connectivity index (χ2n) is 5.73. The van der Waals surface area contributed by atoms with Crippen molar-refractivity contribution in [2.24, 2.45) is 10.7 Å². The summed E-state index contributed by atoms with van der Waals surface area (Å²) in [5.74, 6) is -0.0880. The van der Waals surface area contributed by atoms with E-state index in [1.807, 2.05) is 12.1 Å². The number of amides is 1. The summed E-state index contributed by atoms with van der Waals surface area (Å²) in [5.41, 5.74) is 6.77. The number of aromatic hydroxyl groups is 2. The molecule has 6 heteroatoms. The number of hydrogen-bond acceptors (Lipinski definition) is 5. The fourth-order valence-corrected chi connectivity index (χ4v) is 2.73. The minimum atomic E-state index is -1.08. The molecule has 1 atom stereocenters. The van der Waals surface area contributed by atoms with E-state index in [2.05, 4.69) is 4.99 Å². The highest BCUT2D eigenvalue weighted by atomic mass is 16.3. The molecule has 0 aliphatic carbocycles. The van der Waals surface area contributed by atoms with Crippen molar-refractivity contribution in [3.8, 4) is 22.6 Å². The van der Waals surface area contributed by atoms with Crippen LogP contribution in [0.15, 0.2) is 47.5 Å². The van der Waals surface area contributed by atoms with Crippen molar-refractivity contribution < 1.29 is 15.0 Å². The average Bonchev–Trinajstić information content (AvgIpc) is 2.71. The van der Waals surface area contributed by atoms with Gasteiger partial charge >= 0.3 is 0 Å². The number of carbonyl (C=O) groups excluding carboxylic acids is 1. The highest BCUT2D eigenvalue weighted by Gasteiger charge is 2.43. The normalized spacial score (nSPS) is 20.7. The molecule has 6 nitrogen and oxygen atoms in total. The Morgan fingerprint density at radius 1 is 1.09 bits per heavy atom. The molecule has 1 amide bonds. The van der Waals surface area contributed by atoms with Crippen molar-refractivity contribution in [1.29, 1.82) is 0 Å². The van der Waals surface area contributed by atoms with Crippen LogP contribution in [0, 0.1) is 0 Å². The van der Waals surface area contributed by atoms with Crippen molar-refractivity contribution in [3.63, 3.8) is 0 Å². The Labute approximate surface area is 133 Å². The largest absolute Gasteiger partial charge is 0.508 e. The molecular weight excluding hydrogens is 294 g/mol. The molecule has 4 N–H and O–H groups in total. The van der Waals surface area contributed by atoms with Crippen molar-refractivity contribution in [1.82, 2.24) is 4.90 Å². The topological polar surface area (TPSA) is 99.2 Å². The summed E-state index contributed by atoms with van der Waals surface area (Å²) in [5, 5.41) is 19.3. The molecule has 0 radical (unpaired) electrons. The number of benzene rings is 2. The molecule has 2 aromatic carbocycles. The maximum atomic E-state index is 12.4. The van der Waals surface area contributed by atoms with Crippen LogP contribution >= 0.6 is 0 Å². The number of carbonyl (C=O) groups is 1. The first-order valence-electron chi connectivity index (χ1n) is 7.09. The lowest BCUT2D eigenvalue weighted by molar-refractivity contribution is -0.130. The standard InChI is InChI=1S/C17H17N3O3/c1-17(15(23)20(2)16(18)19-17)12-5-3-4-10(6-12)11-7-13(21)9-14(22)8-11/h3-9,21-22H,1-2H3,(H2,18,19). The molecule has 0 bridgehead atoms. The van der Waals surface area contributed by atoms with E-state index in [9.17, 15) is 15.0 Å². The minimum Gasteiger partial charge on any atom is -0.508 e. The quantitative estimate of drug-likeness (QED) is 0.787. The third kappa shape index (κ3) is 2.38. The monoisotopic (exact) mass is 311 g/mol.